The number of unbranched alkanes of at least 4 members (excludes halogenated alkanes) is 1. The van der Waals surface area contributed by atoms with Crippen LogP contribution in [-0.2, 0) is 12.1 Å². The van der Waals surface area contributed by atoms with Crippen LogP contribution in [0.5, 0.6) is 0 Å². The topological polar surface area (TPSA) is 38.0 Å². The van der Waals surface area contributed by atoms with Gasteiger partial charge in [0.25, 0.3) is 0 Å². The Morgan fingerprint density at radius 3 is 2.55 bits per heavy atom. The highest BCUT2D eigenvalue weighted by molar-refractivity contribution is 5.21. The Kier molecular flexibility index (Phi) is 4.96. The zero-order valence-corrected chi connectivity index (χ0v) is 12.4. The number of hydrogen-bond donors (Lipinski definition) is 1. The monoisotopic (exact) mass is 272 g/mol. The lowest BCUT2D eigenvalue weighted by Crippen LogP contribution is -2.24. The molecule has 0 saturated carbocycles. The molecular weight excluding hydrogens is 248 g/mol. The van der Waals surface area contributed by atoms with Crippen molar-refractivity contribution >= 4 is 0 Å². The van der Waals surface area contributed by atoms with E-state index in [1.54, 1.807) is 0 Å². The molecule has 0 aliphatic heterocycles. The maximum absolute atomic E-state index is 10.8. The Bertz CT molecular complexity index is 521. The summed E-state index contributed by atoms with van der Waals surface area (Å²) in [4.78, 5) is 4.22. The summed E-state index contributed by atoms with van der Waals surface area (Å²) < 4.78 is 2.16. The van der Waals surface area contributed by atoms with E-state index >= 15 is 0 Å². The molecule has 3 heteroatoms. The molecule has 0 fully saturated rings. The highest BCUT2D eigenvalue weighted by Crippen LogP contribution is 2.30. The lowest BCUT2D eigenvalue weighted by molar-refractivity contribution is 0.0205. The van der Waals surface area contributed by atoms with Crippen molar-refractivity contribution in [1.82, 2.24) is 9.55 Å². The Labute approximate surface area is 121 Å². The van der Waals surface area contributed by atoms with Gasteiger partial charge in [-0.05, 0) is 38.2 Å². The van der Waals surface area contributed by atoms with Gasteiger partial charge in [0.2, 0.25) is 0 Å². The van der Waals surface area contributed by atoms with Gasteiger partial charge in [0.05, 0.1) is 5.60 Å². The van der Waals surface area contributed by atoms with Gasteiger partial charge in [-0.15, -0.1) is 0 Å². The summed E-state index contributed by atoms with van der Waals surface area (Å²) in [7, 11) is 0. The first-order chi connectivity index (χ1) is 9.65. The Balaban J connectivity index is 1.87. The fraction of sp³-hybridized carbons (Fsp3) is 0.471. The molecule has 0 bridgehead atoms. The third-order valence-electron chi connectivity index (χ3n) is 4.06. The van der Waals surface area contributed by atoms with E-state index in [4.69, 9.17) is 0 Å². The molecule has 1 unspecified atom stereocenters. The number of imidazole rings is 1. The van der Waals surface area contributed by atoms with Gasteiger partial charge in [-0.25, -0.2) is 4.98 Å². The van der Waals surface area contributed by atoms with Gasteiger partial charge in [-0.3, -0.25) is 0 Å². The molecule has 1 atom stereocenters. The summed E-state index contributed by atoms with van der Waals surface area (Å²) in [6.07, 6.45) is 7.48. The molecule has 0 amide bonds. The molecule has 1 heterocycles. The van der Waals surface area contributed by atoms with E-state index in [0.717, 1.165) is 43.6 Å². The van der Waals surface area contributed by atoms with Crippen molar-refractivity contribution in [3.8, 4) is 0 Å². The Hall–Kier alpha value is -1.61. The van der Waals surface area contributed by atoms with E-state index in [1.165, 1.54) is 0 Å². The number of aromatic nitrogens is 2. The third-order valence-corrected chi connectivity index (χ3v) is 4.06. The zero-order chi connectivity index (χ0) is 14.4. The highest BCUT2D eigenvalue weighted by atomic mass is 16.3. The molecule has 108 valence electrons. The summed E-state index contributed by atoms with van der Waals surface area (Å²) in [5, 5.41) is 10.8. The van der Waals surface area contributed by atoms with E-state index < -0.39 is 5.60 Å². The van der Waals surface area contributed by atoms with Gasteiger partial charge in [0.15, 0.2) is 0 Å². The largest absolute Gasteiger partial charge is 0.385 e. The van der Waals surface area contributed by atoms with Crippen LogP contribution in [0.2, 0.25) is 0 Å². The van der Waals surface area contributed by atoms with Gasteiger partial charge in [0.1, 0.15) is 5.82 Å². The van der Waals surface area contributed by atoms with E-state index in [1.807, 2.05) is 56.6 Å². The van der Waals surface area contributed by atoms with Crippen molar-refractivity contribution < 1.29 is 5.11 Å². The normalized spacial score (nSPS) is 14.2. The van der Waals surface area contributed by atoms with Crippen molar-refractivity contribution in [2.75, 3.05) is 0 Å². The molecule has 3 nitrogen and oxygen atoms in total. The first-order valence-corrected chi connectivity index (χ1v) is 7.41. The minimum Gasteiger partial charge on any atom is -0.385 e. The fourth-order valence-electron chi connectivity index (χ4n) is 2.61. The van der Waals surface area contributed by atoms with Crippen molar-refractivity contribution in [3.63, 3.8) is 0 Å². The first kappa shape index (κ1) is 14.8. The molecule has 1 aromatic heterocycles. The van der Waals surface area contributed by atoms with E-state index in [9.17, 15) is 5.11 Å². The maximum Gasteiger partial charge on any atom is 0.105 e. The predicted octanol–water partition coefficient (Wildman–Crippen LogP) is 3.66. The molecular formula is C17H24N2O. The van der Waals surface area contributed by atoms with E-state index in [0.29, 0.717) is 0 Å². The quantitative estimate of drug-likeness (QED) is 0.781. The van der Waals surface area contributed by atoms with Crippen LogP contribution in [0.3, 0.4) is 0 Å². The molecule has 2 rings (SSSR count). The lowest BCUT2D eigenvalue weighted by Gasteiger charge is -2.27. The molecule has 0 aliphatic carbocycles. The number of aryl methyl sites for hydroxylation is 2. The highest BCUT2D eigenvalue weighted by Gasteiger charge is 2.25. The number of rotatable bonds is 7. The fourth-order valence-corrected chi connectivity index (χ4v) is 2.61. The van der Waals surface area contributed by atoms with Crippen LogP contribution < -0.4 is 0 Å². The summed E-state index contributed by atoms with van der Waals surface area (Å²) in [5.41, 5.74) is 0.340. The molecule has 2 aromatic rings. The van der Waals surface area contributed by atoms with Gasteiger partial charge in [0, 0.05) is 18.9 Å². The minimum absolute atomic E-state index is 0.689. The van der Waals surface area contributed by atoms with Crippen LogP contribution in [0.1, 0.15) is 44.0 Å². The van der Waals surface area contributed by atoms with Crippen molar-refractivity contribution in [2.24, 2.45) is 0 Å². The Morgan fingerprint density at radius 1 is 1.20 bits per heavy atom. The maximum atomic E-state index is 10.8. The number of nitrogens with zero attached hydrogens (tertiary/aromatic N) is 2. The van der Waals surface area contributed by atoms with Crippen LogP contribution in [0, 0.1) is 6.92 Å². The predicted molar refractivity (Wildman–Crippen MR) is 81.4 cm³/mol. The molecule has 0 spiro atoms. The Morgan fingerprint density at radius 2 is 1.95 bits per heavy atom. The standard InChI is InChI=1S/C17H24N2O/c1-3-17(20,16-9-5-4-6-10-16)11-7-8-13-19-14-12-18-15(19)2/h4-6,9-10,12,14,20H,3,7-8,11,13H2,1-2H3. The van der Waals surface area contributed by atoms with Gasteiger partial charge >= 0.3 is 0 Å². The molecule has 0 aliphatic rings. The van der Waals surface area contributed by atoms with Crippen molar-refractivity contribution in [3.05, 3.63) is 54.1 Å². The average molecular weight is 272 g/mol. The molecule has 1 N–H and O–H groups in total. The summed E-state index contributed by atoms with van der Waals surface area (Å²) >= 11 is 0. The zero-order valence-electron chi connectivity index (χ0n) is 12.4. The molecule has 1 aromatic carbocycles. The second-order valence-electron chi connectivity index (χ2n) is 5.38. The third kappa shape index (κ3) is 3.48. The smallest absolute Gasteiger partial charge is 0.105 e. The molecule has 0 saturated heterocycles. The van der Waals surface area contributed by atoms with Crippen LogP contribution in [0.15, 0.2) is 42.7 Å². The van der Waals surface area contributed by atoms with Crippen LogP contribution >= 0.6 is 0 Å². The molecule has 0 radical (unpaired) electrons. The number of aliphatic hydroxyl groups is 1. The van der Waals surface area contributed by atoms with Gasteiger partial charge in [-0.1, -0.05) is 37.3 Å². The summed E-state index contributed by atoms with van der Waals surface area (Å²) in [6.45, 7) is 5.04. The number of benzene rings is 1. The van der Waals surface area contributed by atoms with Crippen LogP contribution in [-0.4, -0.2) is 14.7 Å². The van der Waals surface area contributed by atoms with Gasteiger partial charge < -0.3 is 9.67 Å². The number of hydrogen-bond acceptors (Lipinski definition) is 2. The first-order valence-electron chi connectivity index (χ1n) is 7.41. The minimum atomic E-state index is -0.689. The van der Waals surface area contributed by atoms with Crippen molar-refractivity contribution in [1.29, 1.82) is 0 Å². The SMILES string of the molecule is CCC(O)(CCCCn1ccnc1C)c1ccccc1. The average Bonchev–Trinajstić information content (AvgIpc) is 2.90. The van der Waals surface area contributed by atoms with E-state index in [-0.39, 0.29) is 0 Å². The van der Waals surface area contributed by atoms with Gasteiger partial charge in [-0.2, -0.15) is 0 Å². The summed E-state index contributed by atoms with van der Waals surface area (Å²) in [6, 6.07) is 10.0. The van der Waals surface area contributed by atoms with Crippen molar-refractivity contribution in [2.45, 2.75) is 51.7 Å². The molecule has 20 heavy (non-hydrogen) atoms. The lowest BCUT2D eigenvalue weighted by atomic mass is 9.86. The van der Waals surface area contributed by atoms with E-state index in [2.05, 4.69) is 9.55 Å². The second kappa shape index (κ2) is 6.71. The summed E-state index contributed by atoms with van der Waals surface area (Å²) in [5.74, 6) is 1.05. The second-order valence-corrected chi connectivity index (χ2v) is 5.38. The van der Waals surface area contributed by atoms with Crippen LogP contribution in [0.25, 0.3) is 0 Å². The van der Waals surface area contributed by atoms with Crippen LogP contribution in [0.4, 0.5) is 0 Å².